The van der Waals surface area contributed by atoms with Crippen molar-refractivity contribution in [1.82, 2.24) is 10.2 Å². The first-order valence-corrected chi connectivity index (χ1v) is 9.61. The van der Waals surface area contributed by atoms with Crippen LogP contribution in [0.5, 0.6) is 23.0 Å². The van der Waals surface area contributed by atoms with E-state index in [4.69, 9.17) is 14.2 Å². The quantitative estimate of drug-likeness (QED) is 0.641. The summed E-state index contributed by atoms with van der Waals surface area (Å²) >= 11 is 0. The van der Waals surface area contributed by atoms with Crippen LogP contribution >= 0.6 is 0 Å². The van der Waals surface area contributed by atoms with Crippen molar-refractivity contribution in [3.8, 4) is 45.4 Å². The van der Waals surface area contributed by atoms with Crippen LogP contribution < -0.4 is 19.3 Å². The number of aryl methyl sites for hydroxylation is 2. The number of carboxylic acid groups (broad SMARTS) is 1. The molecule has 2 N–H and O–H groups in total. The topological polar surface area (TPSA) is 117 Å². The molecule has 2 heterocycles. The number of fused-ring (bicyclic) bond motifs is 1. The molecule has 2 aromatic carbocycles. The standard InChI is InChI=1S/C22H22N2O6/c1-3-13-8-15(16(25)10-18(13)30-11-20(26)27)22-21(12(2)23-24-22)14-4-5-17-19(9-14)29-7-6-28-17/h4-5,8-10,25H,3,6-7,11H2,1-2H3,(H,23,24)(H,26,27)/p-1. The van der Waals surface area contributed by atoms with Crippen LogP contribution in [0.1, 0.15) is 18.2 Å². The Kier molecular flexibility index (Phi) is 5.22. The molecule has 8 heteroatoms. The van der Waals surface area contributed by atoms with E-state index in [-0.39, 0.29) is 5.75 Å². The van der Waals surface area contributed by atoms with Crippen LogP contribution in [0.3, 0.4) is 0 Å². The molecule has 0 bridgehead atoms. The Labute approximate surface area is 173 Å². The van der Waals surface area contributed by atoms with Gasteiger partial charge in [-0.15, -0.1) is 0 Å². The second kappa shape index (κ2) is 7.98. The molecule has 30 heavy (non-hydrogen) atoms. The predicted octanol–water partition coefficient (Wildman–Crippen LogP) is 2.22. The highest BCUT2D eigenvalue weighted by molar-refractivity contribution is 5.86. The Morgan fingerprint density at radius 3 is 2.73 bits per heavy atom. The number of carbonyl (C=O) groups excluding carboxylic acids is 1. The minimum absolute atomic E-state index is 0.0640. The maximum Gasteiger partial charge on any atom is 0.161 e. The highest BCUT2D eigenvalue weighted by Crippen LogP contribution is 2.42. The molecule has 0 saturated heterocycles. The molecule has 0 unspecified atom stereocenters. The Bertz CT molecular complexity index is 1110. The zero-order chi connectivity index (χ0) is 21.3. The largest absolute Gasteiger partial charge is 0.546 e. The summed E-state index contributed by atoms with van der Waals surface area (Å²) in [5.74, 6) is 0.263. The minimum Gasteiger partial charge on any atom is -0.546 e. The van der Waals surface area contributed by atoms with E-state index in [0.717, 1.165) is 22.4 Å². The fourth-order valence-corrected chi connectivity index (χ4v) is 3.53. The molecule has 0 atom stereocenters. The number of carboxylic acids is 1. The number of aromatic amines is 1. The summed E-state index contributed by atoms with van der Waals surface area (Å²) in [5.41, 5.74) is 4.36. The van der Waals surface area contributed by atoms with Crippen molar-refractivity contribution in [1.29, 1.82) is 0 Å². The molecular formula is C22H21N2O6-. The first kappa shape index (κ1) is 19.6. The van der Waals surface area contributed by atoms with E-state index in [1.54, 1.807) is 6.07 Å². The number of nitrogens with zero attached hydrogens (tertiary/aromatic N) is 1. The molecule has 0 spiro atoms. The molecule has 0 aliphatic carbocycles. The van der Waals surface area contributed by atoms with Gasteiger partial charge in [0.25, 0.3) is 0 Å². The molecule has 8 nitrogen and oxygen atoms in total. The lowest BCUT2D eigenvalue weighted by molar-refractivity contribution is -0.307. The van der Waals surface area contributed by atoms with Crippen molar-refractivity contribution >= 4 is 5.97 Å². The average Bonchev–Trinajstić information content (AvgIpc) is 3.13. The molecule has 1 aromatic heterocycles. The molecule has 0 saturated carbocycles. The van der Waals surface area contributed by atoms with Crippen LogP contribution in [0.4, 0.5) is 0 Å². The van der Waals surface area contributed by atoms with Gasteiger partial charge < -0.3 is 29.2 Å². The number of H-pyrrole nitrogens is 1. The van der Waals surface area contributed by atoms with Gasteiger partial charge in [0.05, 0.1) is 5.97 Å². The van der Waals surface area contributed by atoms with Crippen molar-refractivity contribution in [3.05, 3.63) is 41.6 Å². The van der Waals surface area contributed by atoms with Gasteiger partial charge in [-0.2, -0.15) is 5.10 Å². The molecule has 0 amide bonds. The van der Waals surface area contributed by atoms with Crippen molar-refractivity contribution in [2.75, 3.05) is 19.8 Å². The number of benzene rings is 2. The second-order valence-electron chi connectivity index (χ2n) is 6.92. The molecule has 0 radical (unpaired) electrons. The molecule has 1 aliphatic heterocycles. The molecule has 1 aliphatic rings. The van der Waals surface area contributed by atoms with Gasteiger partial charge in [0.2, 0.25) is 0 Å². The van der Waals surface area contributed by atoms with Gasteiger partial charge in [0.15, 0.2) is 11.5 Å². The SMILES string of the molecule is CCc1cc(-c2n[nH]c(C)c2-c2ccc3c(c2)OCCO3)c(O)cc1OCC(=O)[O-]. The number of rotatable bonds is 6. The lowest BCUT2D eigenvalue weighted by atomic mass is 9.96. The summed E-state index contributed by atoms with van der Waals surface area (Å²) < 4.78 is 16.6. The Hall–Kier alpha value is -3.68. The average molecular weight is 409 g/mol. The smallest absolute Gasteiger partial charge is 0.161 e. The van der Waals surface area contributed by atoms with E-state index in [1.807, 2.05) is 32.0 Å². The number of hydrogen-bond acceptors (Lipinski definition) is 7. The Morgan fingerprint density at radius 2 is 2.00 bits per heavy atom. The number of phenols is 1. The summed E-state index contributed by atoms with van der Waals surface area (Å²) in [6, 6.07) is 8.84. The highest BCUT2D eigenvalue weighted by Gasteiger charge is 2.21. The molecular weight excluding hydrogens is 388 g/mol. The molecule has 3 aromatic rings. The van der Waals surface area contributed by atoms with Crippen LogP contribution in [0.2, 0.25) is 0 Å². The van der Waals surface area contributed by atoms with Crippen LogP contribution in [0.15, 0.2) is 30.3 Å². The fourth-order valence-electron chi connectivity index (χ4n) is 3.53. The van der Waals surface area contributed by atoms with Crippen LogP contribution in [-0.4, -0.2) is 41.1 Å². The fraction of sp³-hybridized carbons (Fsp3) is 0.273. The zero-order valence-electron chi connectivity index (χ0n) is 16.7. The van der Waals surface area contributed by atoms with Crippen LogP contribution in [0, 0.1) is 6.92 Å². The van der Waals surface area contributed by atoms with Crippen molar-refractivity contribution < 1.29 is 29.2 Å². The van der Waals surface area contributed by atoms with E-state index in [0.29, 0.717) is 48.1 Å². The third kappa shape index (κ3) is 3.63. The predicted molar refractivity (Wildman–Crippen MR) is 107 cm³/mol. The number of nitrogens with one attached hydrogen (secondary N) is 1. The van der Waals surface area contributed by atoms with Gasteiger partial charge in [-0.25, -0.2) is 0 Å². The summed E-state index contributed by atoms with van der Waals surface area (Å²) in [7, 11) is 0. The normalized spacial score (nSPS) is 12.6. The number of phenolic OH excluding ortho intramolecular Hbond substituents is 1. The summed E-state index contributed by atoms with van der Waals surface area (Å²) in [6.45, 7) is 4.23. The van der Waals surface area contributed by atoms with Gasteiger partial charge >= 0.3 is 0 Å². The first-order chi connectivity index (χ1) is 14.5. The molecule has 0 fully saturated rings. The minimum atomic E-state index is -1.33. The van der Waals surface area contributed by atoms with Crippen LogP contribution in [0.25, 0.3) is 22.4 Å². The van der Waals surface area contributed by atoms with Gasteiger partial charge in [0, 0.05) is 22.9 Å². The summed E-state index contributed by atoms with van der Waals surface area (Å²) in [5, 5.41) is 28.8. The van der Waals surface area contributed by atoms with Gasteiger partial charge in [-0.1, -0.05) is 13.0 Å². The monoisotopic (exact) mass is 409 g/mol. The number of ether oxygens (including phenoxy) is 3. The maximum absolute atomic E-state index is 10.7. The van der Waals surface area contributed by atoms with Crippen molar-refractivity contribution in [2.24, 2.45) is 0 Å². The third-order valence-corrected chi connectivity index (χ3v) is 4.94. The van der Waals surface area contributed by atoms with Crippen molar-refractivity contribution in [2.45, 2.75) is 20.3 Å². The number of aromatic hydroxyl groups is 1. The number of aliphatic carboxylic acids is 1. The van der Waals surface area contributed by atoms with Gasteiger partial charge in [0.1, 0.15) is 37.0 Å². The summed E-state index contributed by atoms with van der Waals surface area (Å²) in [4.78, 5) is 10.7. The van der Waals surface area contributed by atoms with E-state index in [9.17, 15) is 15.0 Å². The summed E-state index contributed by atoms with van der Waals surface area (Å²) in [6.07, 6.45) is 0.582. The van der Waals surface area contributed by atoms with Crippen molar-refractivity contribution in [3.63, 3.8) is 0 Å². The third-order valence-electron chi connectivity index (χ3n) is 4.94. The van der Waals surface area contributed by atoms with E-state index >= 15 is 0 Å². The molecule has 4 rings (SSSR count). The van der Waals surface area contributed by atoms with E-state index < -0.39 is 12.6 Å². The number of hydrogen-bond donors (Lipinski definition) is 2. The zero-order valence-corrected chi connectivity index (χ0v) is 16.7. The maximum atomic E-state index is 10.7. The Balaban J connectivity index is 1.78. The molecule has 156 valence electrons. The first-order valence-electron chi connectivity index (χ1n) is 9.61. The number of carbonyl (C=O) groups is 1. The van der Waals surface area contributed by atoms with Gasteiger partial charge in [-0.3, -0.25) is 5.10 Å². The lowest BCUT2D eigenvalue weighted by Crippen LogP contribution is -2.29. The van der Waals surface area contributed by atoms with E-state index in [2.05, 4.69) is 10.2 Å². The number of aromatic nitrogens is 2. The highest BCUT2D eigenvalue weighted by atomic mass is 16.6. The van der Waals surface area contributed by atoms with Crippen LogP contribution in [-0.2, 0) is 11.2 Å². The van der Waals surface area contributed by atoms with Gasteiger partial charge in [-0.05, 0) is 42.7 Å². The van der Waals surface area contributed by atoms with E-state index in [1.165, 1.54) is 6.07 Å². The second-order valence-corrected chi connectivity index (χ2v) is 6.92. The Morgan fingerprint density at radius 1 is 1.23 bits per heavy atom. The lowest BCUT2D eigenvalue weighted by Gasteiger charge is -2.19.